The number of oxime groups is 1. The van der Waals surface area contributed by atoms with E-state index in [9.17, 15) is 9.59 Å². The molecule has 0 amide bonds. The van der Waals surface area contributed by atoms with Gasteiger partial charge < -0.3 is 4.84 Å². The van der Waals surface area contributed by atoms with Gasteiger partial charge in [0.15, 0.2) is 5.78 Å². The van der Waals surface area contributed by atoms with Crippen LogP contribution in [-0.4, -0.2) is 17.5 Å². The quantitative estimate of drug-likeness (QED) is 0.486. The second-order valence-electron chi connectivity index (χ2n) is 5.17. The Morgan fingerprint density at radius 2 is 1.81 bits per heavy atom. The number of ketones is 1. The van der Waals surface area contributed by atoms with E-state index in [-0.39, 0.29) is 11.7 Å². The van der Waals surface area contributed by atoms with Crippen LogP contribution in [0.15, 0.2) is 58.8 Å². The Balaban J connectivity index is 2.19. The molecule has 1 aromatic carbocycles. The van der Waals surface area contributed by atoms with E-state index in [4.69, 9.17) is 4.84 Å². The van der Waals surface area contributed by atoms with Crippen molar-refractivity contribution >= 4 is 17.5 Å². The maximum absolute atomic E-state index is 11.8. The maximum atomic E-state index is 11.8. The average Bonchev–Trinajstić information content (AvgIpc) is 2.46. The minimum atomic E-state index is -0.521. The lowest BCUT2D eigenvalue weighted by Crippen LogP contribution is -2.16. The fourth-order valence-electron chi connectivity index (χ4n) is 1.95. The standard InChI is InChI=1S/C17H17NO3/c1-11(2)14-10-15(12(3)9-16(14)19)18-21-17(20)13-7-5-4-6-8-13/h4-11H,1-3H3/b18-15-. The average molecular weight is 283 g/mol. The van der Waals surface area contributed by atoms with E-state index in [1.165, 1.54) is 6.08 Å². The molecule has 0 fully saturated rings. The van der Waals surface area contributed by atoms with Gasteiger partial charge in [-0.15, -0.1) is 0 Å². The first kappa shape index (κ1) is 14.9. The highest BCUT2D eigenvalue weighted by Crippen LogP contribution is 2.19. The summed E-state index contributed by atoms with van der Waals surface area (Å²) >= 11 is 0. The van der Waals surface area contributed by atoms with Crippen LogP contribution < -0.4 is 0 Å². The molecule has 108 valence electrons. The summed E-state index contributed by atoms with van der Waals surface area (Å²) in [5.74, 6) is -0.444. The monoisotopic (exact) mass is 283 g/mol. The van der Waals surface area contributed by atoms with Gasteiger partial charge in [-0.25, -0.2) is 4.79 Å². The van der Waals surface area contributed by atoms with E-state index >= 15 is 0 Å². The first-order chi connectivity index (χ1) is 9.99. The van der Waals surface area contributed by atoms with Crippen LogP contribution in [0.1, 0.15) is 31.1 Å². The Labute approximate surface area is 123 Å². The highest BCUT2D eigenvalue weighted by atomic mass is 16.7. The van der Waals surface area contributed by atoms with Gasteiger partial charge in [-0.1, -0.05) is 37.2 Å². The number of carbonyl (C=O) groups is 2. The lowest BCUT2D eigenvalue weighted by Gasteiger charge is -2.14. The van der Waals surface area contributed by atoms with E-state index in [0.29, 0.717) is 22.4 Å². The summed E-state index contributed by atoms with van der Waals surface area (Å²) in [5, 5.41) is 3.88. The van der Waals surface area contributed by atoms with Gasteiger partial charge in [0, 0.05) is 5.57 Å². The molecule has 1 aliphatic carbocycles. The van der Waals surface area contributed by atoms with E-state index < -0.39 is 5.97 Å². The lowest BCUT2D eigenvalue weighted by molar-refractivity contribution is -0.111. The highest BCUT2D eigenvalue weighted by molar-refractivity contribution is 6.21. The van der Waals surface area contributed by atoms with Crippen LogP contribution in [0.25, 0.3) is 0 Å². The van der Waals surface area contributed by atoms with Crippen molar-refractivity contribution in [1.82, 2.24) is 0 Å². The lowest BCUT2D eigenvalue weighted by atomic mass is 9.90. The molecule has 2 rings (SSSR count). The zero-order chi connectivity index (χ0) is 15.4. The van der Waals surface area contributed by atoms with Gasteiger partial charge in [-0.3, -0.25) is 4.79 Å². The third-order valence-electron chi connectivity index (χ3n) is 3.19. The molecular weight excluding hydrogens is 266 g/mol. The Bertz CT molecular complexity index is 652. The van der Waals surface area contributed by atoms with E-state index in [1.54, 1.807) is 37.3 Å². The van der Waals surface area contributed by atoms with Crippen LogP contribution in [0.4, 0.5) is 0 Å². The van der Waals surface area contributed by atoms with Crippen molar-refractivity contribution in [3.63, 3.8) is 0 Å². The molecule has 0 atom stereocenters. The molecule has 0 bridgehead atoms. The molecule has 0 heterocycles. The number of carbonyl (C=O) groups excluding carboxylic acids is 2. The molecule has 0 radical (unpaired) electrons. The SMILES string of the molecule is CC1=CC(=O)C(C(C)C)=C/C1=N/OC(=O)c1ccccc1. The fourth-order valence-corrected chi connectivity index (χ4v) is 1.95. The van der Waals surface area contributed by atoms with E-state index in [0.717, 1.165) is 0 Å². The molecule has 4 heteroatoms. The number of benzene rings is 1. The zero-order valence-electron chi connectivity index (χ0n) is 12.3. The van der Waals surface area contributed by atoms with Crippen LogP contribution in [0.3, 0.4) is 0 Å². The Kier molecular flexibility index (Phi) is 4.48. The van der Waals surface area contributed by atoms with Gasteiger partial charge >= 0.3 is 5.97 Å². The van der Waals surface area contributed by atoms with Crippen molar-refractivity contribution in [3.8, 4) is 0 Å². The van der Waals surface area contributed by atoms with Crippen molar-refractivity contribution in [2.24, 2.45) is 11.1 Å². The van der Waals surface area contributed by atoms with Gasteiger partial charge in [0.25, 0.3) is 0 Å². The maximum Gasteiger partial charge on any atom is 0.365 e. The summed E-state index contributed by atoms with van der Waals surface area (Å²) in [6.45, 7) is 5.64. The molecule has 0 unspecified atom stereocenters. The zero-order valence-corrected chi connectivity index (χ0v) is 12.3. The summed E-state index contributed by atoms with van der Waals surface area (Å²) in [7, 11) is 0. The van der Waals surface area contributed by atoms with Crippen LogP contribution in [0.5, 0.6) is 0 Å². The molecule has 1 aromatic rings. The summed E-state index contributed by atoms with van der Waals surface area (Å²) in [6.07, 6.45) is 3.20. The van der Waals surface area contributed by atoms with Gasteiger partial charge in [-0.2, -0.15) is 0 Å². The summed E-state index contributed by atoms with van der Waals surface area (Å²) in [6, 6.07) is 8.64. The van der Waals surface area contributed by atoms with Crippen molar-refractivity contribution in [2.45, 2.75) is 20.8 Å². The minimum absolute atomic E-state index is 0.0177. The molecule has 21 heavy (non-hydrogen) atoms. The Hall–Kier alpha value is -2.49. The Morgan fingerprint density at radius 1 is 1.14 bits per heavy atom. The summed E-state index contributed by atoms with van der Waals surface area (Å²) in [4.78, 5) is 28.6. The first-order valence-corrected chi connectivity index (χ1v) is 6.78. The first-order valence-electron chi connectivity index (χ1n) is 6.78. The summed E-state index contributed by atoms with van der Waals surface area (Å²) in [5.41, 5.74) is 2.28. The number of hydrogen-bond donors (Lipinski definition) is 0. The molecular formula is C17H17NO3. The molecule has 0 N–H and O–H groups in total. The molecule has 0 aliphatic heterocycles. The number of hydrogen-bond acceptors (Lipinski definition) is 4. The Morgan fingerprint density at radius 3 is 2.43 bits per heavy atom. The predicted molar refractivity (Wildman–Crippen MR) is 81.0 cm³/mol. The molecule has 0 saturated heterocycles. The highest BCUT2D eigenvalue weighted by Gasteiger charge is 2.19. The van der Waals surface area contributed by atoms with Crippen LogP contribution in [0.2, 0.25) is 0 Å². The molecule has 0 saturated carbocycles. The van der Waals surface area contributed by atoms with Gasteiger partial charge in [0.2, 0.25) is 0 Å². The number of allylic oxidation sites excluding steroid dienone is 4. The van der Waals surface area contributed by atoms with Crippen molar-refractivity contribution < 1.29 is 14.4 Å². The fraction of sp³-hybridized carbons (Fsp3) is 0.235. The largest absolute Gasteiger partial charge is 0.365 e. The third-order valence-corrected chi connectivity index (χ3v) is 3.19. The number of rotatable bonds is 3. The van der Waals surface area contributed by atoms with Crippen LogP contribution in [0, 0.1) is 5.92 Å². The summed E-state index contributed by atoms with van der Waals surface area (Å²) < 4.78 is 0. The second kappa shape index (κ2) is 6.31. The molecule has 0 spiro atoms. The number of nitrogens with zero attached hydrogens (tertiary/aromatic N) is 1. The van der Waals surface area contributed by atoms with Gasteiger partial charge in [0.1, 0.15) is 5.71 Å². The molecule has 4 nitrogen and oxygen atoms in total. The topological polar surface area (TPSA) is 55.7 Å². The third kappa shape index (κ3) is 3.54. The van der Waals surface area contributed by atoms with E-state index in [1.807, 2.05) is 19.9 Å². The van der Waals surface area contributed by atoms with Crippen molar-refractivity contribution in [1.29, 1.82) is 0 Å². The van der Waals surface area contributed by atoms with Crippen LogP contribution >= 0.6 is 0 Å². The smallest absolute Gasteiger partial charge is 0.312 e. The van der Waals surface area contributed by atoms with Crippen LogP contribution in [-0.2, 0) is 9.63 Å². The predicted octanol–water partition coefficient (Wildman–Crippen LogP) is 3.31. The van der Waals surface area contributed by atoms with Crippen molar-refractivity contribution in [2.75, 3.05) is 0 Å². The minimum Gasteiger partial charge on any atom is -0.312 e. The second-order valence-corrected chi connectivity index (χ2v) is 5.17. The molecule has 0 aromatic heterocycles. The van der Waals surface area contributed by atoms with Gasteiger partial charge in [0.05, 0.1) is 5.56 Å². The normalized spacial score (nSPS) is 16.8. The molecule has 1 aliphatic rings. The van der Waals surface area contributed by atoms with Gasteiger partial charge in [-0.05, 0) is 42.7 Å². The van der Waals surface area contributed by atoms with E-state index in [2.05, 4.69) is 5.16 Å². The van der Waals surface area contributed by atoms with Crippen molar-refractivity contribution in [3.05, 3.63) is 59.2 Å².